The highest BCUT2D eigenvalue weighted by atomic mass is 16.5. The second-order valence-corrected chi connectivity index (χ2v) is 8.12. The summed E-state index contributed by atoms with van der Waals surface area (Å²) < 4.78 is 7.64. The van der Waals surface area contributed by atoms with Gasteiger partial charge in [0.15, 0.2) is 0 Å². The number of aryl methyl sites for hydroxylation is 3. The Morgan fingerprint density at radius 2 is 1.93 bits per heavy atom. The minimum absolute atomic E-state index is 0.0780. The van der Waals surface area contributed by atoms with E-state index in [1.807, 2.05) is 13.1 Å². The van der Waals surface area contributed by atoms with Crippen molar-refractivity contribution < 1.29 is 9.53 Å². The van der Waals surface area contributed by atoms with E-state index in [9.17, 15) is 4.79 Å². The molecule has 0 radical (unpaired) electrons. The summed E-state index contributed by atoms with van der Waals surface area (Å²) in [5.74, 6) is 2.73. The van der Waals surface area contributed by atoms with Crippen LogP contribution in [-0.4, -0.2) is 28.6 Å². The van der Waals surface area contributed by atoms with Crippen LogP contribution in [0.3, 0.4) is 0 Å². The lowest BCUT2D eigenvalue weighted by atomic mass is 9.89. The van der Waals surface area contributed by atoms with Crippen LogP contribution in [0, 0.1) is 19.8 Å². The van der Waals surface area contributed by atoms with Crippen molar-refractivity contribution in [2.24, 2.45) is 5.92 Å². The number of hydrogen-bond acceptors (Lipinski definition) is 3. The molecule has 2 aromatic rings. The van der Waals surface area contributed by atoms with Gasteiger partial charge in [0, 0.05) is 31.1 Å². The Hall–Kier alpha value is -2.30. The summed E-state index contributed by atoms with van der Waals surface area (Å²) >= 11 is 0. The first kappa shape index (κ1) is 19.5. The summed E-state index contributed by atoms with van der Waals surface area (Å²) in [6, 6.07) is 4.60. The lowest BCUT2D eigenvalue weighted by Crippen LogP contribution is -2.36. The zero-order valence-electron chi connectivity index (χ0n) is 17.3. The Morgan fingerprint density at radius 3 is 2.52 bits per heavy atom. The number of ether oxygens (including phenoxy) is 1. The average Bonchev–Trinajstić information content (AvgIpc) is 3.04. The maximum atomic E-state index is 12.5. The van der Waals surface area contributed by atoms with Crippen molar-refractivity contribution in [2.45, 2.75) is 66.0 Å². The lowest BCUT2D eigenvalue weighted by Gasteiger charge is -2.25. The Morgan fingerprint density at radius 1 is 1.26 bits per heavy atom. The van der Waals surface area contributed by atoms with Gasteiger partial charge in [-0.25, -0.2) is 4.98 Å². The van der Waals surface area contributed by atoms with Gasteiger partial charge in [0.2, 0.25) is 0 Å². The van der Waals surface area contributed by atoms with E-state index in [4.69, 9.17) is 4.74 Å². The standard InChI is InChI=1S/C22H31N3O2/c1-13(2)16(5)23-22(26)19-12-25-11-17(7-8-20(25)24-19)18-9-14(3)21(27-6)15(4)10-18/h9-10,12-13,16-17H,7-8,11H2,1-6H3,(H,23,26). The number of aromatic nitrogens is 2. The molecule has 2 atom stereocenters. The normalized spacial score (nSPS) is 17.5. The van der Waals surface area contributed by atoms with Crippen LogP contribution < -0.4 is 10.1 Å². The second kappa shape index (κ2) is 7.75. The van der Waals surface area contributed by atoms with Gasteiger partial charge in [-0.3, -0.25) is 4.79 Å². The van der Waals surface area contributed by atoms with Gasteiger partial charge in [0.05, 0.1) is 7.11 Å². The summed E-state index contributed by atoms with van der Waals surface area (Å²) in [6.07, 6.45) is 3.85. The first-order chi connectivity index (χ1) is 12.8. The summed E-state index contributed by atoms with van der Waals surface area (Å²) in [4.78, 5) is 17.1. The van der Waals surface area contributed by atoms with Crippen LogP contribution in [0.25, 0.3) is 0 Å². The molecule has 1 amide bonds. The number of nitrogens with zero attached hydrogens (tertiary/aromatic N) is 2. The van der Waals surface area contributed by atoms with Gasteiger partial charge < -0.3 is 14.6 Å². The van der Waals surface area contributed by atoms with E-state index in [0.717, 1.165) is 31.0 Å². The summed E-state index contributed by atoms with van der Waals surface area (Å²) in [6.45, 7) is 11.3. The molecule has 2 unspecified atom stereocenters. The van der Waals surface area contributed by atoms with E-state index >= 15 is 0 Å². The molecule has 0 spiro atoms. The molecule has 0 fully saturated rings. The highest BCUT2D eigenvalue weighted by Gasteiger charge is 2.25. The largest absolute Gasteiger partial charge is 0.496 e. The molecule has 1 aromatic carbocycles. The Balaban J connectivity index is 1.77. The van der Waals surface area contributed by atoms with E-state index in [2.05, 4.69) is 54.7 Å². The maximum Gasteiger partial charge on any atom is 0.271 e. The molecule has 0 aliphatic carbocycles. The van der Waals surface area contributed by atoms with Crippen molar-refractivity contribution in [3.63, 3.8) is 0 Å². The first-order valence-electron chi connectivity index (χ1n) is 9.82. The van der Waals surface area contributed by atoms with Crippen molar-refractivity contribution in [3.8, 4) is 5.75 Å². The molecule has 27 heavy (non-hydrogen) atoms. The van der Waals surface area contributed by atoms with E-state index < -0.39 is 0 Å². The number of hydrogen-bond donors (Lipinski definition) is 1. The van der Waals surface area contributed by atoms with Gasteiger partial charge in [-0.2, -0.15) is 0 Å². The number of carbonyl (C=O) groups is 1. The van der Waals surface area contributed by atoms with Crippen LogP contribution in [0.4, 0.5) is 0 Å². The van der Waals surface area contributed by atoms with Crippen molar-refractivity contribution in [3.05, 3.63) is 46.5 Å². The molecule has 1 N–H and O–H groups in total. The predicted molar refractivity (Wildman–Crippen MR) is 108 cm³/mol. The Labute approximate surface area is 162 Å². The van der Waals surface area contributed by atoms with E-state index in [-0.39, 0.29) is 11.9 Å². The minimum atomic E-state index is -0.0780. The molecule has 5 nitrogen and oxygen atoms in total. The average molecular weight is 370 g/mol. The zero-order valence-corrected chi connectivity index (χ0v) is 17.3. The predicted octanol–water partition coefficient (Wildman–Crippen LogP) is 4.01. The molecule has 146 valence electrons. The van der Waals surface area contributed by atoms with Crippen LogP contribution >= 0.6 is 0 Å². The van der Waals surface area contributed by atoms with Crippen LogP contribution in [0.5, 0.6) is 5.75 Å². The molecule has 0 bridgehead atoms. The molecule has 5 heteroatoms. The molecular formula is C22H31N3O2. The third-order valence-electron chi connectivity index (χ3n) is 5.74. The van der Waals surface area contributed by atoms with Gasteiger partial charge in [0.25, 0.3) is 5.91 Å². The van der Waals surface area contributed by atoms with Gasteiger partial charge in [0.1, 0.15) is 17.3 Å². The minimum Gasteiger partial charge on any atom is -0.496 e. The van der Waals surface area contributed by atoms with Gasteiger partial charge >= 0.3 is 0 Å². The SMILES string of the molecule is COc1c(C)cc(C2CCc3nc(C(=O)NC(C)C(C)C)cn3C2)cc1C. The fraction of sp³-hybridized carbons (Fsp3) is 0.545. The first-order valence-corrected chi connectivity index (χ1v) is 9.82. The number of rotatable bonds is 5. The number of nitrogens with one attached hydrogen (secondary N) is 1. The van der Waals surface area contributed by atoms with Crippen LogP contribution in [-0.2, 0) is 13.0 Å². The van der Waals surface area contributed by atoms with Crippen molar-refractivity contribution in [2.75, 3.05) is 7.11 Å². The molecule has 3 rings (SSSR count). The quantitative estimate of drug-likeness (QED) is 0.866. The number of carbonyl (C=O) groups excluding carboxylic acids is 1. The van der Waals surface area contributed by atoms with E-state index in [0.29, 0.717) is 17.5 Å². The van der Waals surface area contributed by atoms with Crippen molar-refractivity contribution in [1.29, 1.82) is 0 Å². The van der Waals surface area contributed by atoms with Gasteiger partial charge in [-0.05, 0) is 49.8 Å². The molecular weight excluding hydrogens is 338 g/mol. The summed E-state index contributed by atoms with van der Waals surface area (Å²) in [5, 5.41) is 3.05. The maximum absolute atomic E-state index is 12.5. The summed E-state index contributed by atoms with van der Waals surface area (Å²) in [7, 11) is 1.72. The zero-order chi connectivity index (χ0) is 19.7. The molecule has 1 aliphatic rings. The Bertz CT molecular complexity index is 815. The number of methoxy groups -OCH3 is 1. The molecule has 2 heterocycles. The van der Waals surface area contributed by atoms with Crippen LogP contribution in [0.1, 0.15) is 66.1 Å². The Kier molecular flexibility index (Phi) is 5.59. The van der Waals surface area contributed by atoms with Crippen LogP contribution in [0.15, 0.2) is 18.3 Å². The van der Waals surface area contributed by atoms with Gasteiger partial charge in [-0.1, -0.05) is 26.0 Å². The third kappa shape index (κ3) is 4.02. The second-order valence-electron chi connectivity index (χ2n) is 8.12. The van der Waals surface area contributed by atoms with Crippen LogP contribution in [0.2, 0.25) is 0 Å². The molecule has 1 aromatic heterocycles. The fourth-order valence-corrected chi connectivity index (χ4v) is 3.81. The lowest BCUT2D eigenvalue weighted by molar-refractivity contribution is 0.0925. The van der Waals surface area contributed by atoms with E-state index in [1.165, 1.54) is 16.7 Å². The number of amides is 1. The number of benzene rings is 1. The highest BCUT2D eigenvalue weighted by molar-refractivity contribution is 5.92. The smallest absolute Gasteiger partial charge is 0.271 e. The monoisotopic (exact) mass is 369 g/mol. The topological polar surface area (TPSA) is 56.1 Å². The highest BCUT2D eigenvalue weighted by Crippen LogP contribution is 2.33. The van der Waals surface area contributed by atoms with E-state index in [1.54, 1.807) is 7.11 Å². The fourth-order valence-electron chi connectivity index (χ4n) is 3.81. The molecule has 0 saturated carbocycles. The van der Waals surface area contributed by atoms with Crippen molar-refractivity contribution >= 4 is 5.91 Å². The number of imidazole rings is 1. The van der Waals surface area contributed by atoms with Gasteiger partial charge in [-0.15, -0.1) is 0 Å². The summed E-state index contributed by atoms with van der Waals surface area (Å²) in [5.41, 5.74) is 4.21. The molecule has 0 saturated heterocycles. The van der Waals surface area contributed by atoms with Crippen molar-refractivity contribution in [1.82, 2.24) is 14.9 Å². The number of fused-ring (bicyclic) bond motifs is 1. The molecule has 1 aliphatic heterocycles. The third-order valence-corrected chi connectivity index (χ3v) is 5.74.